The van der Waals surface area contributed by atoms with Crippen LogP contribution in [-0.2, 0) is 0 Å². The molecule has 0 N–H and O–H groups in total. The summed E-state index contributed by atoms with van der Waals surface area (Å²) in [4.78, 5) is 13.4. The number of ketones is 1. The van der Waals surface area contributed by atoms with E-state index < -0.39 is 17.5 Å². The summed E-state index contributed by atoms with van der Waals surface area (Å²) in [5, 5.41) is 0.104. The van der Waals surface area contributed by atoms with Gasteiger partial charge in [0.25, 0.3) is 0 Å². The molecule has 0 aliphatic rings. The minimum atomic E-state index is -4.75. The number of hydrogen-bond donors (Lipinski definition) is 0. The standard InChI is InChI=1S/C20H16BrCl2F3OS/c1-19(2,3)28-18-5-4-11(8-16(18)21)17(27)10-15(20(24,25)26)12-6-13(22)9-14(23)7-12/h4-10H,1-3H3/b15-10-. The zero-order valence-corrected chi connectivity index (χ0v) is 19.0. The van der Waals surface area contributed by atoms with Crippen molar-refractivity contribution in [1.82, 2.24) is 0 Å². The van der Waals surface area contributed by atoms with Gasteiger partial charge in [-0.25, -0.2) is 0 Å². The molecule has 0 heterocycles. The first kappa shape index (κ1) is 23.3. The molecular weight excluding hydrogens is 496 g/mol. The molecule has 0 aliphatic heterocycles. The van der Waals surface area contributed by atoms with Gasteiger partial charge in [0, 0.05) is 29.7 Å². The average Bonchev–Trinajstić information content (AvgIpc) is 2.51. The summed E-state index contributed by atoms with van der Waals surface area (Å²) >= 11 is 16.6. The fourth-order valence-corrected chi connectivity index (χ4v) is 4.42. The van der Waals surface area contributed by atoms with E-state index in [0.717, 1.165) is 17.0 Å². The highest BCUT2D eigenvalue weighted by atomic mass is 79.9. The fourth-order valence-electron chi connectivity index (χ4n) is 2.32. The van der Waals surface area contributed by atoms with Crippen molar-refractivity contribution in [3.05, 3.63) is 68.1 Å². The molecule has 0 radical (unpaired) electrons. The van der Waals surface area contributed by atoms with E-state index in [1.807, 2.05) is 20.8 Å². The van der Waals surface area contributed by atoms with E-state index in [-0.39, 0.29) is 25.9 Å². The predicted molar refractivity (Wildman–Crippen MR) is 115 cm³/mol. The maximum absolute atomic E-state index is 13.6. The first-order chi connectivity index (χ1) is 12.8. The van der Waals surface area contributed by atoms with Crippen LogP contribution in [0.5, 0.6) is 0 Å². The SMILES string of the molecule is CC(C)(C)Sc1ccc(C(=O)/C=C(/c2cc(Cl)cc(Cl)c2)C(F)(F)F)cc1Br. The van der Waals surface area contributed by atoms with Crippen LogP contribution in [0.25, 0.3) is 5.57 Å². The Bertz CT molecular complexity index is 914. The van der Waals surface area contributed by atoms with Crippen molar-refractivity contribution >= 4 is 62.3 Å². The summed E-state index contributed by atoms with van der Waals surface area (Å²) in [5.74, 6) is -0.767. The topological polar surface area (TPSA) is 17.1 Å². The van der Waals surface area contributed by atoms with E-state index in [1.54, 1.807) is 17.8 Å². The minimum absolute atomic E-state index is 0.0522. The fraction of sp³-hybridized carbons (Fsp3) is 0.250. The Morgan fingerprint density at radius 2 is 1.57 bits per heavy atom. The highest BCUT2D eigenvalue weighted by molar-refractivity contribution is 9.10. The van der Waals surface area contributed by atoms with Crippen molar-refractivity contribution in [3.8, 4) is 0 Å². The molecule has 2 aromatic rings. The molecule has 2 aromatic carbocycles. The second kappa shape index (κ2) is 8.82. The van der Waals surface area contributed by atoms with Gasteiger partial charge in [0.2, 0.25) is 0 Å². The Morgan fingerprint density at radius 1 is 1.00 bits per heavy atom. The van der Waals surface area contributed by atoms with Crippen LogP contribution < -0.4 is 0 Å². The molecule has 0 saturated heterocycles. The largest absolute Gasteiger partial charge is 0.417 e. The van der Waals surface area contributed by atoms with Crippen molar-refractivity contribution in [2.45, 2.75) is 36.6 Å². The number of thioether (sulfide) groups is 1. The van der Waals surface area contributed by atoms with Crippen molar-refractivity contribution < 1.29 is 18.0 Å². The molecular formula is C20H16BrCl2F3OS. The van der Waals surface area contributed by atoms with Gasteiger partial charge in [-0.05, 0) is 64.0 Å². The summed E-state index contributed by atoms with van der Waals surface area (Å²) in [6.07, 6.45) is -4.18. The average molecular weight is 512 g/mol. The lowest BCUT2D eigenvalue weighted by atomic mass is 10.0. The molecule has 0 aliphatic carbocycles. The van der Waals surface area contributed by atoms with Crippen molar-refractivity contribution in [2.24, 2.45) is 0 Å². The highest BCUT2D eigenvalue weighted by Crippen LogP contribution is 2.38. The summed E-state index contributed by atoms with van der Waals surface area (Å²) in [7, 11) is 0. The third-order valence-electron chi connectivity index (χ3n) is 3.39. The molecule has 0 atom stereocenters. The lowest BCUT2D eigenvalue weighted by Crippen LogP contribution is -2.13. The van der Waals surface area contributed by atoms with Crippen LogP contribution in [0.1, 0.15) is 36.7 Å². The van der Waals surface area contributed by atoms with Gasteiger partial charge in [-0.1, -0.05) is 44.0 Å². The number of hydrogen-bond acceptors (Lipinski definition) is 2. The molecule has 0 spiro atoms. The van der Waals surface area contributed by atoms with Gasteiger partial charge in [0.1, 0.15) is 0 Å². The van der Waals surface area contributed by atoms with Crippen LogP contribution in [0, 0.1) is 0 Å². The van der Waals surface area contributed by atoms with Crippen LogP contribution in [0.3, 0.4) is 0 Å². The Morgan fingerprint density at radius 3 is 2.04 bits per heavy atom. The summed E-state index contributed by atoms with van der Waals surface area (Å²) in [6.45, 7) is 6.12. The molecule has 0 saturated carbocycles. The Balaban J connectivity index is 2.45. The van der Waals surface area contributed by atoms with Crippen LogP contribution >= 0.6 is 50.9 Å². The monoisotopic (exact) mass is 510 g/mol. The molecule has 0 bridgehead atoms. The third-order valence-corrected chi connectivity index (χ3v) is 5.93. The number of alkyl halides is 3. The maximum Gasteiger partial charge on any atom is 0.417 e. The summed E-state index contributed by atoms with van der Waals surface area (Å²) in [6, 6.07) is 8.32. The molecule has 28 heavy (non-hydrogen) atoms. The second-order valence-electron chi connectivity index (χ2n) is 6.94. The number of rotatable bonds is 4. The van der Waals surface area contributed by atoms with Crippen LogP contribution in [0.15, 0.2) is 51.8 Å². The van der Waals surface area contributed by atoms with E-state index >= 15 is 0 Å². The van der Waals surface area contributed by atoms with Crippen LogP contribution in [-0.4, -0.2) is 16.7 Å². The lowest BCUT2D eigenvalue weighted by Gasteiger charge is -2.18. The number of benzene rings is 2. The smallest absolute Gasteiger partial charge is 0.289 e. The van der Waals surface area contributed by atoms with Gasteiger partial charge in [-0.3, -0.25) is 4.79 Å². The van der Waals surface area contributed by atoms with E-state index in [2.05, 4.69) is 15.9 Å². The van der Waals surface area contributed by atoms with Crippen molar-refractivity contribution in [1.29, 1.82) is 0 Å². The van der Waals surface area contributed by atoms with E-state index in [1.165, 1.54) is 18.2 Å². The second-order valence-corrected chi connectivity index (χ2v) is 10.5. The molecule has 2 rings (SSSR count). The first-order valence-electron chi connectivity index (χ1n) is 8.04. The van der Waals surface area contributed by atoms with Crippen molar-refractivity contribution in [3.63, 3.8) is 0 Å². The molecule has 0 unspecified atom stereocenters. The molecule has 1 nitrogen and oxygen atoms in total. The molecule has 8 heteroatoms. The maximum atomic E-state index is 13.6. The van der Waals surface area contributed by atoms with Gasteiger partial charge in [-0.15, -0.1) is 11.8 Å². The molecule has 150 valence electrons. The van der Waals surface area contributed by atoms with Crippen molar-refractivity contribution in [2.75, 3.05) is 0 Å². The zero-order valence-electron chi connectivity index (χ0n) is 15.1. The Hall–Kier alpha value is -0.950. The third kappa shape index (κ3) is 6.55. The molecule has 0 amide bonds. The predicted octanol–water partition coefficient (Wildman–Crippen LogP) is 8.48. The molecule has 0 fully saturated rings. The molecule has 0 aromatic heterocycles. The number of carbonyl (C=O) groups is 1. The lowest BCUT2D eigenvalue weighted by molar-refractivity contribution is -0.0689. The van der Waals surface area contributed by atoms with Gasteiger partial charge in [0.05, 0.1) is 5.57 Å². The Labute approximate surface area is 184 Å². The van der Waals surface area contributed by atoms with Gasteiger partial charge in [0.15, 0.2) is 5.78 Å². The Kier molecular flexibility index (Phi) is 7.35. The van der Waals surface area contributed by atoms with Gasteiger partial charge in [-0.2, -0.15) is 13.2 Å². The first-order valence-corrected chi connectivity index (χ1v) is 10.4. The minimum Gasteiger partial charge on any atom is -0.289 e. The quantitative estimate of drug-likeness (QED) is 0.232. The van der Waals surface area contributed by atoms with E-state index in [0.29, 0.717) is 10.5 Å². The van der Waals surface area contributed by atoms with Crippen LogP contribution in [0.4, 0.5) is 13.2 Å². The van der Waals surface area contributed by atoms with E-state index in [9.17, 15) is 18.0 Å². The number of allylic oxidation sites excluding steroid dienone is 2. The highest BCUT2D eigenvalue weighted by Gasteiger charge is 2.35. The summed E-state index contributed by atoms with van der Waals surface area (Å²) in [5.41, 5.74) is -1.23. The summed E-state index contributed by atoms with van der Waals surface area (Å²) < 4.78 is 41.3. The van der Waals surface area contributed by atoms with Gasteiger partial charge >= 0.3 is 6.18 Å². The number of carbonyl (C=O) groups excluding carboxylic acids is 1. The van der Waals surface area contributed by atoms with Crippen LogP contribution in [0.2, 0.25) is 10.0 Å². The zero-order chi connectivity index (χ0) is 21.3. The van der Waals surface area contributed by atoms with E-state index in [4.69, 9.17) is 23.2 Å². The number of halogens is 6. The normalized spacial score (nSPS) is 13.0. The van der Waals surface area contributed by atoms with Gasteiger partial charge < -0.3 is 0 Å².